The summed E-state index contributed by atoms with van der Waals surface area (Å²) < 4.78 is 0. The van der Waals surface area contributed by atoms with Crippen molar-refractivity contribution in [2.24, 2.45) is 0 Å². The average Bonchev–Trinajstić information content (AvgIpc) is 2.95. The van der Waals surface area contributed by atoms with Crippen LogP contribution in [0.5, 0.6) is 0 Å². The van der Waals surface area contributed by atoms with Gasteiger partial charge in [0.1, 0.15) is 11.6 Å². The molecular formula is C16H26N2O2S. The first kappa shape index (κ1) is 15.2. The van der Waals surface area contributed by atoms with Gasteiger partial charge in [0.25, 0.3) is 0 Å². The van der Waals surface area contributed by atoms with Gasteiger partial charge in [-0.05, 0) is 37.9 Å². The molecule has 0 aromatic heterocycles. The Bertz CT molecular complexity index is 415. The molecule has 0 aromatic carbocycles. The summed E-state index contributed by atoms with van der Waals surface area (Å²) in [5, 5.41) is 3.59. The standard InChI is InChI=1S/C16H26N2O2S/c1-2-13-14(19)17-16(8-4-5-9-16)15(20)18(13)11-12-7-3-6-10-21-12/h12-13H,2-11H2,1H3,(H,17,19). The van der Waals surface area contributed by atoms with Crippen LogP contribution in [-0.4, -0.2) is 45.8 Å². The Morgan fingerprint density at radius 2 is 2.00 bits per heavy atom. The highest BCUT2D eigenvalue weighted by Crippen LogP contribution is 2.36. The number of piperazine rings is 1. The lowest BCUT2D eigenvalue weighted by Gasteiger charge is -2.45. The number of carbonyl (C=O) groups is 2. The van der Waals surface area contributed by atoms with E-state index < -0.39 is 5.54 Å². The van der Waals surface area contributed by atoms with E-state index in [1.54, 1.807) is 0 Å². The molecule has 0 radical (unpaired) electrons. The number of nitrogens with zero attached hydrogens (tertiary/aromatic N) is 1. The topological polar surface area (TPSA) is 49.4 Å². The number of carbonyl (C=O) groups excluding carboxylic acids is 2. The van der Waals surface area contributed by atoms with Crippen molar-refractivity contribution in [1.82, 2.24) is 10.2 Å². The lowest BCUT2D eigenvalue weighted by atomic mass is 9.90. The van der Waals surface area contributed by atoms with E-state index in [0.717, 1.165) is 32.2 Å². The van der Waals surface area contributed by atoms with Crippen molar-refractivity contribution in [1.29, 1.82) is 0 Å². The zero-order chi connectivity index (χ0) is 14.9. The maximum Gasteiger partial charge on any atom is 0.249 e. The zero-order valence-corrected chi connectivity index (χ0v) is 13.7. The normalized spacial score (nSPS) is 32.5. The van der Waals surface area contributed by atoms with Gasteiger partial charge < -0.3 is 10.2 Å². The zero-order valence-electron chi connectivity index (χ0n) is 12.9. The van der Waals surface area contributed by atoms with Crippen molar-refractivity contribution in [3.05, 3.63) is 0 Å². The Morgan fingerprint density at radius 3 is 2.62 bits per heavy atom. The molecule has 3 rings (SSSR count). The predicted molar refractivity (Wildman–Crippen MR) is 85.2 cm³/mol. The van der Waals surface area contributed by atoms with Crippen LogP contribution >= 0.6 is 11.8 Å². The fraction of sp³-hybridized carbons (Fsp3) is 0.875. The Morgan fingerprint density at radius 1 is 1.24 bits per heavy atom. The molecule has 0 aromatic rings. The van der Waals surface area contributed by atoms with Crippen LogP contribution in [0.4, 0.5) is 0 Å². The SMILES string of the molecule is CCC1C(=O)NC2(CCCC2)C(=O)N1CC1CCCCS1. The summed E-state index contributed by atoms with van der Waals surface area (Å²) in [5.74, 6) is 1.46. The summed E-state index contributed by atoms with van der Waals surface area (Å²) >= 11 is 1.98. The van der Waals surface area contributed by atoms with E-state index in [-0.39, 0.29) is 17.9 Å². The minimum absolute atomic E-state index is 0.0693. The number of hydrogen-bond acceptors (Lipinski definition) is 3. The lowest BCUT2D eigenvalue weighted by Crippen LogP contribution is -2.70. The van der Waals surface area contributed by atoms with Gasteiger partial charge in [-0.15, -0.1) is 0 Å². The third-order valence-corrected chi connectivity index (χ3v) is 6.61. The molecule has 3 fully saturated rings. The van der Waals surface area contributed by atoms with Gasteiger partial charge in [-0.2, -0.15) is 11.8 Å². The summed E-state index contributed by atoms with van der Waals surface area (Å²) in [6.07, 6.45) is 8.18. The van der Waals surface area contributed by atoms with Crippen LogP contribution in [-0.2, 0) is 9.59 Å². The van der Waals surface area contributed by atoms with Crippen LogP contribution in [0, 0.1) is 0 Å². The molecule has 3 aliphatic rings. The van der Waals surface area contributed by atoms with E-state index in [1.165, 1.54) is 25.0 Å². The minimum Gasteiger partial charge on any atom is -0.340 e. The molecule has 1 saturated carbocycles. The van der Waals surface area contributed by atoms with E-state index in [9.17, 15) is 9.59 Å². The van der Waals surface area contributed by atoms with Crippen molar-refractivity contribution >= 4 is 23.6 Å². The summed E-state index contributed by atoms with van der Waals surface area (Å²) in [4.78, 5) is 27.4. The van der Waals surface area contributed by atoms with Gasteiger partial charge in [0.05, 0.1) is 0 Å². The van der Waals surface area contributed by atoms with Crippen LogP contribution in [0.1, 0.15) is 58.3 Å². The van der Waals surface area contributed by atoms with Gasteiger partial charge >= 0.3 is 0 Å². The van der Waals surface area contributed by atoms with Crippen LogP contribution < -0.4 is 5.32 Å². The van der Waals surface area contributed by atoms with E-state index in [2.05, 4.69) is 5.32 Å². The van der Waals surface area contributed by atoms with E-state index in [4.69, 9.17) is 0 Å². The molecule has 2 heterocycles. The van der Waals surface area contributed by atoms with E-state index in [0.29, 0.717) is 11.7 Å². The fourth-order valence-corrected chi connectivity index (χ4v) is 5.34. The minimum atomic E-state index is -0.567. The highest BCUT2D eigenvalue weighted by atomic mass is 32.2. The van der Waals surface area contributed by atoms with Crippen LogP contribution in [0.15, 0.2) is 0 Å². The monoisotopic (exact) mass is 310 g/mol. The van der Waals surface area contributed by atoms with Crippen molar-refractivity contribution < 1.29 is 9.59 Å². The van der Waals surface area contributed by atoms with Crippen molar-refractivity contribution in [2.75, 3.05) is 12.3 Å². The third-order valence-electron chi connectivity index (χ3n) is 5.23. The first-order valence-corrected chi connectivity index (χ1v) is 9.46. The molecule has 5 heteroatoms. The Labute approximate surface area is 131 Å². The quantitative estimate of drug-likeness (QED) is 0.870. The summed E-state index contributed by atoms with van der Waals surface area (Å²) in [7, 11) is 0. The predicted octanol–water partition coefficient (Wildman–Crippen LogP) is 2.32. The van der Waals surface area contributed by atoms with Gasteiger partial charge in [0.2, 0.25) is 11.8 Å². The van der Waals surface area contributed by atoms with Gasteiger partial charge in [-0.25, -0.2) is 0 Å². The second kappa shape index (κ2) is 6.19. The second-order valence-electron chi connectivity index (χ2n) is 6.65. The fourth-order valence-electron chi connectivity index (χ4n) is 4.03. The maximum atomic E-state index is 13.0. The molecule has 0 bridgehead atoms. The largest absolute Gasteiger partial charge is 0.340 e. The molecule has 4 nitrogen and oxygen atoms in total. The van der Waals surface area contributed by atoms with Gasteiger partial charge in [-0.3, -0.25) is 9.59 Å². The number of rotatable bonds is 3. The Balaban J connectivity index is 1.78. The molecular weight excluding hydrogens is 284 g/mol. The molecule has 1 aliphatic carbocycles. The molecule has 2 amide bonds. The van der Waals surface area contributed by atoms with E-state index in [1.807, 2.05) is 23.6 Å². The highest BCUT2D eigenvalue weighted by molar-refractivity contribution is 7.99. The van der Waals surface area contributed by atoms with Crippen molar-refractivity contribution in [2.45, 2.75) is 75.1 Å². The molecule has 21 heavy (non-hydrogen) atoms. The molecule has 1 N–H and O–H groups in total. The smallest absolute Gasteiger partial charge is 0.249 e. The molecule has 2 atom stereocenters. The van der Waals surface area contributed by atoms with Crippen molar-refractivity contribution in [3.8, 4) is 0 Å². The molecule has 2 saturated heterocycles. The molecule has 118 valence electrons. The lowest BCUT2D eigenvalue weighted by molar-refractivity contribution is -0.155. The summed E-state index contributed by atoms with van der Waals surface area (Å²) in [6, 6.07) is -0.258. The highest BCUT2D eigenvalue weighted by Gasteiger charge is 2.51. The maximum absolute atomic E-state index is 13.0. The average molecular weight is 310 g/mol. The van der Waals surface area contributed by atoms with Gasteiger partial charge in [-0.1, -0.05) is 26.2 Å². The van der Waals surface area contributed by atoms with Gasteiger partial charge in [0, 0.05) is 11.8 Å². The number of thioether (sulfide) groups is 1. The summed E-state index contributed by atoms with van der Waals surface area (Å²) in [6.45, 7) is 2.77. The van der Waals surface area contributed by atoms with Crippen LogP contribution in [0.3, 0.4) is 0 Å². The number of hydrogen-bond donors (Lipinski definition) is 1. The second-order valence-corrected chi connectivity index (χ2v) is 8.06. The Hall–Kier alpha value is -0.710. The summed E-state index contributed by atoms with van der Waals surface area (Å²) in [5.41, 5.74) is -0.567. The Kier molecular flexibility index (Phi) is 4.48. The molecule has 2 aliphatic heterocycles. The van der Waals surface area contributed by atoms with Gasteiger partial charge in [0.15, 0.2) is 0 Å². The van der Waals surface area contributed by atoms with Crippen LogP contribution in [0.25, 0.3) is 0 Å². The van der Waals surface area contributed by atoms with Crippen LogP contribution in [0.2, 0.25) is 0 Å². The third kappa shape index (κ3) is 2.81. The molecule has 2 unspecified atom stereocenters. The first-order chi connectivity index (χ1) is 10.2. The molecule has 1 spiro atoms. The first-order valence-electron chi connectivity index (χ1n) is 8.41. The number of amides is 2. The van der Waals surface area contributed by atoms with Crippen molar-refractivity contribution in [3.63, 3.8) is 0 Å². The number of nitrogens with one attached hydrogen (secondary N) is 1. The van der Waals surface area contributed by atoms with E-state index >= 15 is 0 Å².